The smallest absolute Gasteiger partial charge is 0.272 e. The van der Waals surface area contributed by atoms with Crippen LogP contribution >= 0.6 is 0 Å². The van der Waals surface area contributed by atoms with Gasteiger partial charge in [0.2, 0.25) is 5.91 Å². The van der Waals surface area contributed by atoms with Gasteiger partial charge in [0.1, 0.15) is 11.5 Å². The van der Waals surface area contributed by atoms with Crippen molar-refractivity contribution >= 4 is 17.5 Å². The summed E-state index contributed by atoms with van der Waals surface area (Å²) >= 11 is 0. The van der Waals surface area contributed by atoms with E-state index >= 15 is 0 Å². The lowest BCUT2D eigenvalue weighted by Crippen LogP contribution is -2.41. The molecule has 0 saturated carbocycles. The number of carbonyl (C=O) groups excluding carboxylic acids is 2. The predicted molar refractivity (Wildman–Crippen MR) is 107 cm³/mol. The van der Waals surface area contributed by atoms with Gasteiger partial charge in [-0.2, -0.15) is 0 Å². The lowest BCUT2D eigenvalue weighted by atomic mass is 10.2. The zero-order valence-corrected chi connectivity index (χ0v) is 16.4. The van der Waals surface area contributed by atoms with Gasteiger partial charge in [-0.15, -0.1) is 0 Å². The molecule has 2 heterocycles. The molecule has 1 saturated heterocycles. The monoisotopic (exact) mass is 400 g/mol. The molecule has 29 heavy (non-hydrogen) atoms. The summed E-state index contributed by atoms with van der Waals surface area (Å²) in [6, 6.07) is 9.53. The van der Waals surface area contributed by atoms with E-state index in [0.29, 0.717) is 25.5 Å². The van der Waals surface area contributed by atoms with E-state index in [4.69, 9.17) is 4.74 Å². The van der Waals surface area contributed by atoms with Gasteiger partial charge in [-0.1, -0.05) is 12.1 Å². The second kappa shape index (κ2) is 9.97. The number of halogens is 1. The molecule has 1 aromatic carbocycles. The molecule has 8 heteroatoms. The second-order valence-corrected chi connectivity index (χ2v) is 6.72. The summed E-state index contributed by atoms with van der Waals surface area (Å²) in [6.45, 7) is 5.24. The number of hydrogen-bond donors (Lipinski definition) is 1. The maximum atomic E-state index is 13.0. The van der Waals surface area contributed by atoms with E-state index in [1.54, 1.807) is 24.4 Å². The van der Waals surface area contributed by atoms with E-state index in [2.05, 4.69) is 15.2 Å². The molecule has 2 amide bonds. The van der Waals surface area contributed by atoms with Gasteiger partial charge in [0.05, 0.1) is 19.8 Å². The van der Waals surface area contributed by atoms with Crippen LogP contribution in [0.25, 0.3) is 0 Å². The molecule has 7 nitrogen and oxygen atoms in total. The third-order valence-electron chi connectivity index (χ3n) is 4.75. The normalized spacial score (nSPS) is 13.8. The fraction of sp³-hybridized carbons (Fsp3) is 0.381. The molecule has 0 aliphatic carbocycles. The van der Waals surface area contributed by atoms with Gasteiger partial charge in [-0.3, -0.25) is 14.6 Å². The molecule has 0 radical (unpaired) electrons. The van der Waals surface area contributed by atoms with Gasteiger partial charge in [-0.25, -0.2) is 4.39 Å². The summed E-state index contributed by atoms with van der Waals surface area (Å²) in [6.07, 6.45) is 1.61. The van der Waals surface area contributed by atoms with Crippen LogP contribution in [0.3, 0.4) is 0 Å². The van der Waals surface area contributed by atoms with Gasteiger partial charge < -0.3 is 19.9 Å². The van der Waals surface area contributed by atoms with Gasteiger partial charge >= 0.3 is 0 Å². The second-order valence-electron chi connectivity index (χ2n) is 6.72. The molecule has 1 fully saturated rings. The first-order chi connectivity index (χ1) is 14.1. The molecule has 2 aromatic rings. The van der Waals surface area contributed by atoms with Crippen LogP contribution in [0, 0.1) is 5.82 Å². The quantitative estimate of drug-likeness (QED) is 0.768. The molecule has 154 valence electrons. The molecule has 1 aliphatic rings. The molecule has 0 unspecified atom stereocenters. The lowest BCUT2D eigenvalue weighted by Gasteiger charge is -2.29. The Morgan fingerprint density at radius 1 is 1.21 bits per heavy atom. The van der Waals surface area contributed by atoms with E-state index in [0.717, 1.165) is 24.3 Å². The van der Waals surface area contributed by atoms with Crippen molar-refractivity contribution < 1.29 is 18.7 Å². The number of nitrogens with zero attached hydrogens (tertiary/aromatic N) is 3. The lowest BCUT2D eigenvalue weighted by molar-refractivity contribution is -0.121. The Kier molecular flexibility index (Phi) is 7.13. The standard InChI is InChI=1S/C21H25FN4O3/c1-2-25(15-20(27)24-14-16-3-5-17(22)6-4-16)21(28)19-13-18(7-8-23-19)26-9-11-29-12-10-26/h3-8,13H,2,9-12,14-15H2,1H3,(H,24,27). The number of likely N-dealkylation sites (N-methyl/N-ethyl adjacent to an activating group) is 1. The maximum Gasteiger partial charge on any atom is 0.272 e. The fourth-order valence-electron chi connectivity index (χ4n) is 3.08. The first kappa shape index (κ1) is 20.7. The van der Waals surface area contributed by atoms with E-state index < -0.39 is 0 Å². The molecule has 1 aromatic heterocycles. The fourth-order valence-corrected chi connectivity index (χ4v) is 3.08. The van der Waals surface area contributed by atoms with Crippen molar-refractivity contribution in [3.05, 3.63) is 59.7 Å². The van der Waals surface area contributed by atoms with Gasteiger partial charge in [0, 0.05) is 38.1 Å². The predicted octanol–water partition coefficient (Wildman–Crippen LogP) is 1.84. The Morgan fingerprint density at radius 2 is 1.93 bits per heavy atom. The van der Waals surface area contributed by atoms with Crippen LogP contribution in [-0.4, -0.2) is 61.1 Å². The van der Waals surface area contributed by atoms with Crippen molar-refractivity contribution in [2.75, 3.05) is 44.3 Å². The number of anilines is 1. The van der Waals surface area contributed by atoms with E-state index in [1.807, 2.05) is 13.0 Å². The van der Waals surface area contributed by atoms with Crippen LogP contribution in [0.4, 0.5) is 10.1 Å². The highest BCUT2D eigenvalue weighted by molar-refractivity contribution is 5.95. The van der Waals surface area contributed by atoms with Crippen molar-refractivity contribution in [1.29, 1.82) is 0 Å². The highest BCUT2D eigenvalue weighted by atomic mass is 19.1. The number of nitrogens with one attached hydrogen (secondary N) is 1. The summed E-state index contributed by atoms with van der Waals surface area (Å²) in [7, 11) is 0. The number of pyridine rings is 1. The van der Waals surface area contributed by atoms with Crippen LogP contribution in [0.5, 0.6) is 0 Å². The van der Waals surface area contributed by atoms with Crippen LogP contribution in [0.1, 0.15) is 23.0 Å². The number of rotatable bonds is 7. The third-order valence-corrected chi connectivity index (χ3v) is 4.75. The van der Waals surface area contributed by atoms with Crippen LogP contribution in [0.2, 0.25) is 0 Å². The van der Waals surface area contributed by atoms with E-state index in [-0.39, 0.29) is 30.7 Å². The van der Waals surface area contributed by atoms with Gasteiger partial charge in [-0.05, 0) is 36.8 Å². The van der Waals surface area contributed by atoms with Gasteiger partial charge in [0.15, 0.2) is 0 Å². The number of aromatic nitrogens is 1. The van der Waals surface area contributed by atoms with Crippen LogP contribution in [0.15, 0.2) is 42.6 Å². The van der Waals surface area contributed by atoms with Crippen LogP contribution < -0.4 is 10.2 Å². The minimum Gasteiger partial charge on any atom is -0.378 e. The van der Waals surface area contributed by atoms with Crippen molar-refractivity contribution in [2.24, 2.45) is 0 Å². The highest BCUT2D eigenvalue weighted by Crippen LogP contribution is 2.17. The number of hydrogen-bond acceptors (Lipinski definition) is 5. The number of ether oxygens (including phenoxy) is 1. The molecule has 1 aliphatic heterocycles. The number of benzene rings is 1. The number of amides is 2. The Labute approximate surface area is 169 Å². The summed E-state index contributed by atoms with van der Waals surface area (Å²) in [5.74, 6) is -0.900. The number of carbonyl (C=O) groups is 2. The van der Waals surface area contributed by atoms with E-state index in [9.17, 15) is 14.0 Å². The summed E-state index contributed by atoms with van der Waals surface area (Å²) < 4.78 is 18.3. The molecule has 3 rings (SSSR count). The van der Waals surface area contributed by atoms with Crippen molar-refractivity contribution in [3.63, 3.8) is 0 Å². The Bertz CT molecular complexity index is 838. The zero-order valence-electron chi connectivity index (χ0n) is 16.4. The molecule has 0 atom stereocenters. The molecule has 0 spiro atoms. The highest BCUT2D eigenvalue weighted by Gasteiger charge is 2.20. The minimum absolute atomic E-state index is 0.0695. The van der Waals surface area contributed by atoms with Crippen molar-refractivity contribution in [3.8, 4) is 0 Å². The SMILES string of the molecule is CCN(CC(=O)NCc1ccc(F)cc1)C(=O)c1cc(N2CCOCC2)ccn1. The average molecular weight is 400 g/mol. The molecular weight excluding hydrogens is 375 g/mol. The zero-order chi connectivity index (χ0) is 20.6. The van der Waals surface area contributed by atoms with E-state index in [1.165, 1.54) is 17.0 Å². The summed E-state index contributed by atoms with van der Waals surface area (Å²) in [5.41, 5.74) is 2.01. The van der Waals surface area contributed by atoms with Crippen LogP contribution in [-0.2, 0) is 16.1 Å². The van der Waals surface area contributed by atoms with Gasteiger partial charge in [0.25, 0.3) is 5.91 Å². The Morgan fingerprint density at radius 3 is 2.62 bits per heavy atom. The summed E-state index contributed by atoms with van der Waals surface area (Å²) in [5, 5.41) is 2.75. The molecular formula is C21H25FN4O3. The Balaban J connectivity index is 1.59. The maximum absolute atomic E-state index is 13.0. The minimum atomic E-state index is -0.324. The first-order valence-electron chi connectivity index (χ1n) is 9.66. The average Bonchev–Trinajstić information content (AvgIpc) is 2.77. The number of morpholine rings is 1. The molecule has 0 bridgehead atoms. The Hall–Kier alpha value is -3.00. The van der Waals surface area contributed by atoms with Crippen molar-refractivity contribution in [1.82, 2.24) is 15.2 Å². The summed E-state index contributed by atoms with van der Waals surface area (Å²) in [4.78, 5) is 32.9. The largest absolute Gasteiger partial charge is 0.378 e. The molecule has 1 N–H and O–H groups in total. The van der Waals surface area contributed by atoms with Crippen molar-refractivity contribution in [2.45, 2.75) is 13.5 Å². The third kappa shape index (κ3) is 5.74. The first-order valence-corrected chi connectivity index (χ1v) is 9.66. The topological polar surface area (TPSA) is 74.8 Å².